The number of hydrogen-bond donors (Lipinski definition) is 3. The minimum atomic E-state index is -0.441. The molecule has 0 aliphatic rings. The topological polar surface area (TPSA) is 66.5 Å². The van der Waals surface area contributed by atoms with Gasteiger partial charge in [0.15, 0.2) is 0 Å². The van der Waals surface area contributed by atoms with Crippen LogP contribution in [0.15, 0.2) is 0 Å². The molecule has 0 saturated heterocycles. The molecule has 0 heterocycles. The zero-order valence-corrected chi connectivity index (χ0v) is 7.87. The van der Waals surface area contributed by atoms with Crippen molar-refractivity contribution >= 4 is 0 Å². The first-order chi connectivity index (χ1) is 5.72. The molecule has 0 rings (SSSR count). The van der Waals surface area contributed by atoms with Crippen LogP contribution >= 0.6 is 0 Å². The molecule has 74 valence electrons. The molecule has 0 saturated carbocycles. The molecule has 0 aromatic rings. The fourth-order valence-corrected chi connectivity index (χ4v) is 1.16. The summed E-state index contributed by atoms with van der Waals surface area (Å²) in [6.45, 7) is 2.19. The van der Waals surface area contributed by atoms with Gasteiger partial charge in [0.05, 0.1) is 6.10 Å². The van der Waals surface area contributed by atoms with Crippen LogP contribution in [0.5, 0.6) is 0 Å². The van der Waals surface area contributed by atoms with Gasteiger partial charge in [-0.3, -0.25) is 0 Å². The summed E-state index contributed by atoms with van der Waals surface area (Å²) in [5.74, 6) is 0. The van der Waals surface area contributed by atoms with Gasteiger partial charge in [0.25, 0.3) is 0 Å². The minimum absolute atomic E-state index is 0.0615. The van der Waals surface area contributed by atoms with E-state index in [9.17, 15) is 5.11 Å². The lowest BCUT2D eigenvalue weighted by molar-refractivity contribution is 0.117. The van der Waals surface area contributed by atoms with Crippen LogP contribution in [0, 0.1) is 0 Å². The van der Waals surface area contributed by atoms with Gasteiger partial charge in [-0.05, 0) is 12.8 Å². The van der Waals surface area contributed by atoms with Gasteiger partial charge in [-0.2, -0.15) is 0 Å². The molecule has 0 fully saturated rings. The van der Waals surface area contributed by atoms with Crippen LogP contribution in [-0.2, 0) is 0 Å². The summed E-state index contributed by atoms with van der Waals surface area (Å²) in [4.78, 5) is 0. The monoisotopic (exact) mass is 175 g/mol. The van der Waals surface area contributed by atoms with Crippen LogP contribution in [0.3, 0.4) is 0 Å². The van der Waals surface area contributed by atoms with Crippen LogP contribution < -0.4 is 5.73 Å². The van der Waals surface area contributed by atoms with Crippen molar-refractivity contribution in [1.29, 1.82) is 0 Å². The summed E-state index contributed by atoms with van der Waals surface area (Å²) in [5, 5.41) is 18.0. The smallest absolute Gasteiger partial charge is 0.0691 e. The molecular formula is C9H21NO2. The second kappa shape index (κ2) is 7.53. The lowest BCUT2D eigenvalue weighted by Gasteiger charge is -2.17. The maximum absolute atomic E-state index is 9.44. The first-order valence-electron chi connectivity index (χ1n) is 4.76. The van der Waals surface area contributed by atoms with Crippen LogP contribution in [0.1, 0.15) is 39.0 Å². The van der Waals surface area contributed by atoms with E-state index >= 15 is 0 Å². The third-order valence-corrected chi connectivity index (χ3v) is 2.06. The molecule has 0 spiro atoms. The minimum Gasteiger partial charge on any atom is -0.396 e. The van der Waals surface area contributed by atoms with Gasteiger partial charge < -0.3 is 15.9 Å². The summed E-state index contributed by atoms with van der Waals surface area (Å²) >= 11 is 0. The van der Waals surface area contributed by atoms with E-state index in [1.807, 2.05) is 0 Å². The predicted molar refractivity (Wildman–Crippen MR) is 49.8 cm³/mol. The lowest BCUT2D eigenvalue weighted by Crippen LogP contribution is -2.35. The summed E-state index contributed by atoms with van der Waals surface area (Å²) in [7, 11) is 0. The molecule has 0 radical (unpaired) electrons. The Morgan fingerprint density at radius 3 is 2.42 bits per heavy atom. The Morgan fingerprint density at radius 2 is 1.92 bits per heavy atom. The quantitative estimate of drug-likeness (QED) is 0.497. The third-order valence-electron chi connectivity index (χ3n) is 2.06. The van der Waals surface area contributed by atoms with E-state index < -0.39 is 6.10 Å². The predicted octanol–water partition coefficient (Wildman–Crippen LogP) is 0.637. The van der Waals surface area contributed by atoms with E-state index in [2.05, 4.69) is 6.92 Å². The van der Waals surface area contributed by atoms with Gasteiger partial charge in [-0.1, -0.05) is 26.2 Å². The number of aliphatic hydroxyl groups is 2. The maximum atomic E-state index is 9.44. The van der Waals surface area contributed by atoms with Crippen molar-refractivity contribution in [2.24, 2.45) is 5.73 Å². The molecule has 2 atom stereocenters. The summed E-state index contributed by atoms with van der Waals surface area (Å²) in [5.41, 5.74) is 5.60. The first kappa shape index (κ1) is 11.9. The number of aliphatic hydroxyl groups excluding tert-OH is 2. The zero-order chi connectivity index (χ0) is 9.40. The van der Waals surface area contributed by atoms with E-state index in [4.69, 9.17) is 10.8 Å². The normalized spacial score (nSPS) is 16.0. The molecule has 3 nitrogen and oxygen atoms in total. The van der Waals surface area contributed by atoms with Gasteiger partial charge >= 0.3 is 0 Å². The molecule has 4 N–H and O–H groups in total. The largest absolute Gasteiger partial charge is 0.396 e. The van der Waals surface area contributed by atoms with E-state index in [0.717, 1.165) is 25.7 Å². The number of hydrogen-bond acceptors (Lipinski definition) is 3. The molecule has 2 unspecified atom stereocenters. The molecule has 0 amide bonds. The van der Waals surface area contributed by atoms with Crippen molar-refractivity contribution in [2.45, 2.75) is 51.2 Å². The van der Waals surface area contributed by atoms with Gasteiger partial charge in [0.1, 0.15) is 0 Å². The van der Waals surface area contributed by atoms with Gasteiger partial charge in [-0.15, -0.1) is 0 Å². The molecule has 0 aliphatic heterocycles. The molecule has 0 aromatic heterocycles. The fourth-order valence-electron chi connectivity index (χ4n) is 1.16. The summed E-state index contributed by atoms with van der Waals surface area (Å²) in [6, 6.07) is -0.258. The average Bonchev–Trinajstić information content (AvgIpc) is 2.05. The van der Waals surface area contributed by atoms with Crippen LogP contribution in [0.2, 0.25) is 0 Å². The SMILES string of the molecule is CCCCCC(O)C(N)CCO. The van der Waals surface area contributed by atoms with Crippen molar-refractivity contribution < 1.29 is 10.2 Å². The van der Waals surface area contributed by atoms with Crippen LogP contribution in [0.25, 0.3) is 0 Å². The van der Waals surface area contributed by atoms with Crippen molar-refractivity contribution in [1.82, 2.24) is 0 Å². The van der Waals surface area contributed by atoms with E-state index in [1.165, 1.54) is 0 Å². The van der Waals surface area contributed by atoms with E-state index in [1.54, 1.807) is 0 Å². The number of nitrogens with two attached hydrogens (primary N) is 1. The number of unbranched alkanes of at least 4 members (excludes halogenated alkanes) is 2. The highest BCUT2D eigenvalue weighted by Crippen LogP contribution is 2.07. The highest BCUT2D eigenvalue weighted by molar-refractivity contribution is 4.70. The average molecular weight is 175 g/mol. The Labute approximate surface area is 74.6 Å². The lowest BCUT2D eigenvalue weighted by atomic mass is 10.0. The van der Waals surface area contributed by atoms with Crippen molar-refractivity contribution in [3.05, 3.63) is 0 Å². The van der Waals surface area contributed by atoms with Crippen LogP contribution in [-0.4, -0.2) is 29.0 Å². The molecule has 0 bridgehead atoms. The third kappa shape index (κ3) is 5.52. The fraction of sp³-hybridized carbons (Fsp3) is 1.00. The highest BCUT2D eigenvalue weighted by Gasteiger charge is 2.12. The van der Waals surface area contributed by atoms with Crippen molar-refractivity contribution in [3.8, 4) is 0 Å². The first-order valence-corrected chi connectivity index (χ1v) is 4.76. The molecular weight excluding hydrogens is 154 g/mol. The molecule has 12 heavy (non-hydrogen) atoms. The second-order valence-electron chi connectivity index (χ2n) is 3.24. The Kier molecular flexibility index (Phi) is 7.45. The maximum Gasteiger partial charge on any atom is 0.0691 e. The van der Waals surface area contributed by atoms with Crippen LogP contribution in [0.4, 0.5) is 0 Å². The Hall–Kier alpha value is -0.120. The zero-order valence-electron chi connectivity index (χ0n) is 7.87. The highest BCUT2D eigenvalue weighted by atomic mass is 16.3. The molecule has 3 heteroatoms. The second-order valence-corrected chi connectivity index (χ2v) is 3.24. The van der Waals surface area contributed by atoms with Gasteiger partial charge in [-0.25, -0.2) is 0 Å². The molecule has 0 aromatic carbocycles. The van der Waals surface area contributed by atoms with Crippen molar-refractivity contribution in [3.63, 3.8) is 0 Å². The van der Waals surface area contributed by atoms with Gasteiger partial charge in [0, 0.05) is 12.6 Å². The van der Waals surface area contributed by atoms with Gasteiger partial charge in [0.2, 0.25) is 0 Å². The Bertz CT molecular complexity index is 98.5. The number of rotatable bonds is 7. The Morgan fingerprint density at radius 1 is 1.25 bits per heavy atom. The summed E-state index contributed by atoms with van der Waals surface area (Å²) < 4.78 is 0. The summed E-state index contributed by atoms with van der Waals surface area (Å²) in [6.07, 6.45) is 4.13. The van der Waals surface area contributed by atoms with E-state index in [0.29, 0.717) is 6.42 Å². The molecule has 0 aliphatic carbocycles. The Balaban J connectivity index is 3.35. The standard InChI is InChI=1S/C9H21NO2/c1-2-3-4-5-9(12)8(10)6-7-11/h8-9,11-12H,2-7,10H2,1H3. The van der Waals surface area contributed by atoms with Crippen molar-refractivity contribution in [2.75, 3.05) is 6.61 Å². The van der Waals surface area contributed by atoms with E-state index in [-0.39, 0.29) is 12.6 Å².